The molecule has 2 N–H and O–H groups in total. The van der Waals surface area contributed by atoms with Crippen molar-refractivity contribution >= 4 is 33.9 Å². The molecular weight excluding hydrogens is 476 g/mol. The van der Waals surface area contributed by atoms with Gasteiger partial charge in [0.1, 0.15) is 5.65 Å². The number of fused-ring (bicyclic) bond motifs is 2. The molecule has 1 aromatic carbocycles. The largest absolute Gasteiger partial charge is 0.369 e. The molecule has 0 unspecified atom stereocenters. The first-order valence-electron chi connectivity index (χ1n) is 12.7. The van der Waals surface area contributed by atoms with Gasteiger partial charge in [-0.15, -0.1) is 0 Å². The molecule has 5 aromatic heterocycles. The molecule has 38 heavy (non-hydrogen) atoms. The fourth-order valence-electron chi connectivity index (χ4n) is 5.11. The number of aromatic amines is 1. The number of anilines is 3. The Labute approximate surface area is 219 Å². The summed E-state index contributed by atoms with van der Waals surface area (Å²) >= 11 is 0. The number of hydrogen-bond donors (Lipinski definition) is 2. The van der Waals surface area contributed by atoms with E-state index in [9.17, 15) is 0 Å². The minimum Gasteiger partial charge on any atom is -0.369 e. The van der Waals surface area contributed by atoms with E-state index in [1.807, 2.05) is 54.8 Å². The molecular formula is C28H28N10. The predicted molar refractivity (Wildman–Crippen MR) is 150 cm³/mol. The molecule has 0 radical (unpaired) electrons. The molecule has 0 saturated carbocycles. The SMILES string of the molecule is CN1CCN(c2cccc(Nc3ncc4c(-c5ccn6ncc(-c7cnn(C)c7)c6c5)c[nH]c4n3)c2)CC1. The summed E-state index contributed by atoms with van der Waals surface area (Å²) in [5, 5.41) is 13.2. The van der Waals surface area contributed by atoms with Gasteiger partial charge in [0.2, 0.25) is 5.95 Å². The molecule has 190 valence electrons. The number of likely N-dealkylation sites (N-methyl/N-ethyl adjacent to an activating group) is 1. The van der Waals surface area contributed by atoms with Gasteiger partial charge in [-0.25, -0.2) is 9.50 Å². The fourth-order valence-corrected chi connectivity index (χ4v) is 5.11. The van der Waals surface area contributed by atoms with Gasteiger partial charge in [-0.3, -0.25) is 4.68 Å². The molecule has 6 heterocycles. The Kier molecular flexibility index (Phi) is 5.33. The van der Waals surface area contributed by atoms with Crippen LogP contribution in [-0.2, 0) is 7.05 Å². The van der Waals surface area contributed by atoms with Gasteiger partial charge in [0, 0.05) is 91.5 Å². The lowest BCUT2D eigenvalue weighted by Crippen LogP contribution is -2.44. The number of hydrogen-bond acceptors (Lipinski definition) is 7. The van der Waals surface area contributed by atoms with Crippen LogP contribution >= 0.6 is 0 Å². The smallest absolute Gasteiger partial charge is 0.229 e. The Bertz CT molecular complexity index is 1750. The average Bonchev–Trinajstić information content (AvgIpc) is 3.66. The second-order valence-corrected chi connectivity index (χ2v) is 9.83. The zero-order chi connectivity index (χ0) is 25.6. The van der Waals surface area contributed by atoms with Crippen molar-refractivity contribution in [3.8, 4) is 22.3 Å². The normalized spacial score (nSPS) is 14.5. The van der Waals surface area contributed by atoms with Gasteiger partial charge < -0.3 is 20.1 Å². The van der Waals surface area contributed by atoms with E-state index in [-0.39, 0.29) is 0 Å². The van der Waals surface area contributed by atoms with Gasteiger partial charge in [0.25, 0.3) is 0 Å². The number of benzene rings is 1. The average molecular weight is 505 g/mol. The van der Waals surface area contributed by atoms with E-state index < -0.39 is 0 Å². The zero-order valence-corrected chi connectivity index (χ0v) is 21.3. The topological polar surface area (TPSA) is 95.2 Å². The molecule has 10 nitrogen and oxygen atoms in total. The maximum atomic E-state index is 4.76. The second-order valence-electron chi connectivity index (χ2n) is 9.83. The molecule has 0 spiro atoms. The van der Waals surface area contributed by atoms with Crippen LogP contribution < -0.4 is 10.2 Å². The Morgan fingerprint density at radius 3 is 2.63 bits per heavy atom. The van der Waals surface area contributed by atoms with Crippen LogP contribution in [0.25, 0.3) is 38.8 Å². The second kappa shape index (κ2) is 9.00. The third kappa shape index (κ3) is 4.04. The summed E-state index contributed by atoms with van der Waals surface area (Å²) in [4.78, 5) is 17.5. The Morgan fingerprint density at radius 1 is 0.895 bits per heavy atom. The van der Waals surface area contributed by atoms with E-state index in [2.05, 4.69) is 72.7 Å². The number of nitrogens with one attached hydrogen (secondary N) is 2. The molecule has 1 fully saturated rings. The third-order valence-electron chi connectivity index (χ3n) is 7.25. The minimum absolute atomic E-state index is 0.562. The summed E-state index contributed by atoms with van der Waals surface area (Å²) in [6, 6.07) is 12.7. The van der Waals surface area contributed by atoms with Gasteiger partial charge in [-0.2, -0.15) is 15.2 Å². The first kappa shape index (κ1) is 22.5. The van der Waals surface area contributed by atoms with Crippen molar-refractivity contribution in [2.24, 2.45) is 7.05 Å². The minimum atomic E-state index is 0.562. The number of H-pyrrole nitrogens is 1. The number of piperazine rings is 1. The molecule has 10 heteroatoms. The first-order valence-corrected chi connectivity index (χ1v) is 12.7. The van der Waals surface area contributed by atoms with E-state index in [1.165, 1.54) is 5.69 Å². The van der Waals surface area contributed by atoms with Crippen LogP contribution in [-0.4, -0.2) is 72.5 Å². The molecule has 1 aliphatic rings. The summed E-state index contributed by atoms with van der Waals surface area (Å²) in [6.07, 6.45) is 11.6. The standard InChI is InChI=1S/C28H28N10/c1-35-8-10-37(11-9-35)22-5-3-4-21(13-22)33-28-30-16-25-23(15-29-27(25)34-28)19-6-7-38-26(12-19)24(17-32-38)20-14-31-36(2)18-20/h3-7,12-18H,8-11H2,1-2H3,(H2,29,30,33,34). The summed E-state index contributed by atoms with van der Waals surface area (Å²) in [5.74, 6) is 0.562. The van der Waals surface area contributed by atoms with Crippen molar-refractivity contribution in [2.75, 3.05) is 43.4 Å². The summed E-state index contributed by atoms with van der Waals surface area (Å²) in [6.45, 7) is 4.21. The van der Waals surface area contributed by atoms with Crippen LogP contribution in [0.4, 0.5) is 17.3 Å². The molecule has 0 aliphatic carbocycles. The van der Waals surface area contributed by atoms with Crippen molar-refractivity contribution in [2.45, 2.75) is 0 Å². The van der Waals surface area contributed by atoms with Gasteiger partial charge in [0.05, 0.1) is 17.9 Å². The lowest BCUT2D eigenvalue weighted by atomic mass is 10.1. The first-order chi connectivity index (χ1) is 18.6. The summed E-state index contributed by atoms with van der Waals surface area (Å²) in [7, 11) is 4.09. The molecule has 0 atom stereocenters. The monoisotopic (exact) mass is 504 g/mol. The fraction of sp³-hybridized carbons (Fsp3) is 0.214. The zero-order valence-electron chi connectivity index (χ0n) is 21.3. The van der Waals surface area contributed by atoms with Gasteiger partial charge >= 0.3 is 0 Å². The Morgan fingerprint density at radius 2 is 1.79 bits per heavy atom. The number of nitrogens with zero attached hydrogens (tertiary/aromatic N) is 8. The highest BCUT2D eigenvalue weighted by atomic mass is 15.3. The van der Waals surface area contributed by atoms with Gasteiger partial charge in [-0.05, 0) is 42.9 Å². The number of aromatic nitrogens is 7. The molecule has 6 aromatic rings. The lowest BCUT2D eigenvalue weighted by Gasteiger charge is -2.34. The quantitative estimate of drug-likeness (QED) is 0.364. The Balaban J connectivity index is 1.16. The number of rotatable bonds is 5. The van der Waals surface area contributed by atoms with E-state index in [0.717, 1.165) is 70.7 Å². The highest BCUT2D eigenvalue weighted by Crippen LogP contribution is 2.32. The van der Waals surface area contributed by atoms with Crippen molar-refractivity contribution in [3.05, 3.63) is 73.6 Å². The van der Waals surface area contributed by atoms with Crippen LogP contribution in [0.2, 0.25) is 0 Å². The molecule has 7 rings (SSSR count). The van der Waals surface area contributed by atoms with Crippen LogP contribution in [0.5, 0.6) is 0 Å². The molecule has 0 bridgehead atoms. The molecule has 1 aliphatic heterocycles. The van der Waals surface area contributed by atoms with Crippen LogP contribution in [0.15, 0.2) is 73.6 Å². The maximum absolute atomic E-state index is 4.76. The van der Waals surface area contributed by atoms with Crippen LogP contribution in [0.1, 0.15) is 0 Å². The summed E-state index contributed by atoms with van der Waals surface area (Å²) < 4.78 is 3.68. The van der Waals surface area contributed by atoms with E-state index in [1.54, 1.807) is 4.68 Å². The molecule has 1 saturated heterocycles. The van der Waals surface area contributed by atoms with E-state index in [4.69, 9.17) is 4.98 Å². The highest BCUT2D eigenvalue weighted by Gasteiger charge is 2.16. The highest BCUT2D eigenvalue weighted by molar-refractivity contribution is 5.95. The third-order valence-corrected chi connectivity index (χ3v) is 7.25. The van der Waals surface area contributed by atoms with Crippen molar-refractivity contribution in [1.82, 2.24) is 39.2 Å². The van der Waals surface area contributed by atoms with Crippen molar-refractivity contribution in [3.63, 3.8) is 0 Å². The van der Waals surface area contributed by atoms with Crippen LogP contribution in [0.3, 0.4) is 0 Å². The predicted octanol–water partition coefficient (Wildman–Crippen LogP) is 4.17. The van der Waals surface area contributed by atoms with Gasteiger partial charge in [-0.1, -0.05) is 6.07 Å². The van der Waals surface area contributed by atoms with Crippen LogP contribution in [0, 0.1) is 0 Å². The lowest BCUT2D eigenvalue weighted by molar-refractivity contribution is 0.313. The summed E-state index contributed by atoms with van der Waals surface area (Å²) in [5.41, 5.74) is 8.19. The van der Waals surface area contributed by atoms with Gasteiger partial charge in [0.15, 0.2) is 0 Å². The van der Waals surface area contributed by atoms with E-state index >= 15 is 0 Å². The molecule has 0 amide bonds. The number of aryl methyl sites for hydroxylation is 1. The number of pyridine rings is 1. The Hall–Kier alpha value is -4.70. The maximum Gasteiger partial charge on any atom is 0.229 e. The van der Waals surface area contributed by atoms with Crippen molar-refractivity contribution in [1.29, 1.82) is 0 Å². The van der Waals surface area contributed by atoms with Crippen molar-refractivity contribution < 1.29 is 0 Å². The van der Waals surface area contributed by atoms with E-state index in [0.29, 0.717) is 5.95 Å².